The third-order valence-electron chi connectivity index (χ3n) is 3.47. The number of esters is 1. The maximum absolute atomic E-state index is 11.9. The van der Waals surface area contributed by atoms with E-state index in [4.69, 9.17) is 15.2 Å². The van der Waals surface area contributed by atoms with Gasteiger partial charge in [0, 0.05) is 0 Å². The molecule has 0 aliphatic carbocycles. The van der Waals surface area contributed by atoms with Crippen LogP contribution < -0.4 is 10.5 Å². The van der Waals surface area contributed by atoms with Gasteiger partial charge in [-0.3, -0.25) is 0 Å². The Morgan fingerprint density at radius 3 is 2.33 bits per heavy atom. The van der Waals surface area contributed by atoms with Crippen molar-refractivity contribution in [3.8, 4) is 5.75 Å². The zero-order valence-corrected chi connectivity index (χ0v) is 13.1. The Labute approximate surface area is 127 Å². The minimum absolute atomic E-state index is 0.367. The minimum Gasteiger partial charge on any atom is -0.497 e. The lowest BCUT2D eigenvalue weighted by molar-refractivity contribution is -0.145. The van der Waals surface area contributed by atoms with Gasteiger partial charge in [-0.05, 0) is 24.1 Å². The van der Waals surface area contributed by atoms with E-state index in [0.717, 1.165) is 24.2 Å². The van der Waals surface area contributed by atoms with E-state index < -0.39 is 6.04 Å². The molecule has 1 aromatic rings. The first-order valence-electron chi connectivity index (χ1n) is 7.75. The number of rotatable bonds is 10. The van der Waals surface area contributed by atoms with Crippen molar-refractivity contribution < 1.29 is 14.3 Å². The van der Waals surface area contributed by atoms with E-state index in [9.17, 15) is 4.79 Å². The normalized spacial score (nSPS) is 12.0. The zero-order chi connectivity index (χ0) is 15.5. The van der Waals surface area contributed by atoms with Gasteiger partial charge in [0.25, 0.3) is 0 Å². The van der Waals surface area contributed by atoms with Crippen LogP contribution in [0.15, 0.2) is 24.3 Å². The summed E-state index contributed by atoms with van der Waals surface area (Å²) in [5.41, 5.74) is 6.63. The van der Waals surface area contributed by atoms with Crippen LogP contribution in [-0.4, -0.2) is 19.7 Å². The predicted molar refractivity (Wildman–Crippen MR) is 84.3 cm³/mol. The van der Waals surface area contributed by atoms with Crippen molar-refractivity contribution in [3.05, 3.63) is 29.8 Å². The first kappa shape index (κ1) is 17.5. The summed E-state index contributed by atoms with van der Waals surface area (Å²) in [7, 11) is 1.60. The molecule has 1 rings (SSSR count). The number of methoxy groups -OCH3 is 1. The quantitative estimate of drug-likeness (QED) is 0.529. The number of unbranched alkanes of at least 4 members (excludes halogenated alkanes) is 5. The summed E-state index contributed by atoms with van der Waals surface area (Å²) in [6, 6.07) is 6.42. The van der Waals surface area contributed by atoms with E-state index in [1.54, 1.807) is 31.4 Å². The van der Waals surface area contributed by atoms with Crippen molar-refractivity contribution in [2.75, 3.05) is 13.7 Å². The Bertz CT molecular complexity index is 403. The van der Waals surface area contributed by atoms with Crippen LogP contribution in [-0.2, 0) is 9.53 Å². The van der Waals surface area contributed by atoms with E-state index in [-0.39, 0.29) is 5.97 Å². The molecule has 0 amide bonds. The summed E-state index contributed by atoms with van der Waals surface area (Å²) in [6.45, 7) is 2.65. The number of hydrogen-bond acceptors (Lipinski definition) is 4. The SMILES string of the molecule is CCCCCCCCOC(=O)[C@H](N)c1ccc(OC)cc1. The highest BCUT2D eigenvalue weighted by atomic mass is 16.5. The predicted octanol–water partition coefficient (Wildman–Crippen LogP) is 3.60. The van der Waals surface area contributed by atoms with Gasteiger partial charge in [-0.15, -0.1) is 0 Å². The molecule has 4 nitrogen and oxygen atoms in total. The van der Waals surface area contributed by atoms with Gasteiger partial charge in [-0.25, -0.2) is 4.79 Å². The monoisotopic (exact) mass is 293 g/mol. The van der Waals surface area contributed by atoms with Gasteiger partial charge in [-0.2, -0.15) is 0 Å². The first-order chi connectivity index (χ1) is 10.2. The average molecular weight is 293 g/mol. The second kappa shape index (κ2) is 10.2. The highest BCUT2D eigenvalue weighted by Crippen LogP contribution is 2.17. The van der Waals surface area contributed by atoms with Gasteiger partial charge in [0.05, 0.1) is 13.7 Å². The summed E-state index contributed by atoms with van der Waals surface area (Å²) in [4.78, 5) is 11.9. The molecule has 4 heteroatoms. The molecule has 0 saturated carbocycles. The maximum atomic E-state index is 11.9. The van der Waals surface area contributed by atoms with Gasteiger partial charge < -0.3 is 15.2 Å². The number of ether oxygens (including phenoxy) is 2. The highest BCUT2D eigenvalue weighted by Gasteiger charge is 2.17. The van der Waals surface area contributed by atoms with E-state index in [1.165, 1.54) is 25.7 Å². The molecular formula is C17H27NO3. The Balaban J connectivity index is 2.24. The second-order valence-corrected chi connectivity index (χ2v) is 5.19. The second-order valence-electron chi connectivity index (χ2n) is 5.19. The molecular weight excluding hydrogens is 266 g/mol. The van der Waals surface area contributed by atoms with Gasteiger partial charge in [0.15, 0.2) is 0 Å². The number of hydrogen-bond donors (Lipinski definition) is 1. The largest absolute Gasteiger partial charge is 0.497 e. The molecule has 0 bridgehead atoms. The third kappa shape index (κ3) is 6.63. The maximum Gasteiger partial charge on any atom is 0.327 e. The smallest absolute Gasteiger partial charge is 0.327 e. The third-order valence-corrected chi connectivity index (χ3v) is 3.47. The molecule has 21 heavy (non-hydrogen) atoms. The molecule has 0 unspecified atom stereocenters. The summed E-state index contributed by atoms with van der Waals surface area (Å²) in [6.07, 6.45) is 7.00. The Kier molecular flexibility index (Phi) is 8.51. The molecule has 0 heterocycles. The van der Waals surface area contributed by atoms with Gasteiger partial charge in [-0.1, -0.05) is 51.2 Å². The van der Waals surface area contributed by atoms with Crippen molar-refractivity contribution in [2.45, 2.75) is 51.5 Å². The van der Waals surface area contributed by atoms with Crippen molar-refractivity contribution in [2.24, 2.45) is 5.73 Å². The molecule has 0 fully saturated rings. The van der Waals surface area contributed by atoms with Gasteiger partial charge >= 0.3 is 5.97 Å². The van der Waals surface area contributed by atoms with E-state index in [1.807, 2.05) is 0 Å². The number of benzene rings is 1. The molecule has 0 spiro atoms. The van der Waals surface area contributed by atoms with E-state index >= 15 is 0 Å². The topological polar surface area (TPSA) is 61.5 Å². The summed E-state index contributed by atoms with van der Waals surface area (Å²) >= 11 is 0. The molecule has 2 N–H and O–H groups in total. The standard InChI is InChI=1S/C17H27NO3/c1-3-4-5-6-7-8-13-21-17(19)16(18)14-9-11-15(20-2)12-10-14/h9-12,16H,3-8,13,18H2,1-2H3/t16-/m1/s1. The van der Waals surface area contributed by atoms with Crippen LogP contribution in [0.5, 0.6) is 5.75 Å². The number of carbonyl (C=O) groups is 1. The molecule has 1 atom stereocenters. The lowest BCUT2D eigenvalue weighted by atomic mass is 10.1. The fraction of sp³-hybridized carbons (Fsp3) is 0.588. The van der Waals surface area contributed by atoms with E-state index in [0.29, 0.717) is 6.61 Å². The minimum atomic E-state index is -0.726. The molecule has 0 aliphatic heterocycles. The summed E-state index contributed by atoms with van der Waals surface area (Å²) in [5, 5.41) is 0. The fourth-order valence-electron chi connectivity index (χ4n) is 2.09. The first-order valence-corrected chi connectivity index (χ1v) is 7.75. The summed E-state index contributed by atoms with van der Waals surface area (Å²) < 4.78 is 10.3. The van der Waals surface area contributed by atoms with E-state index in [2.05, 4.69) is 6.92 Å². The average Bonchev–Trinajstić information content (AvgIpc) is 2.53. The lowest BCUT2D eigenvalue weighted by Gasteiger charge is -2.12. The molecule has 0 aliphatic rings. The number of carbonyl (C=O) groups excluding carboxylic acids is 1. The number of nitrogens with two attached hydrogens (primary N) is 1. The van der Waals surface area contributed by atoms with Crippen LogP contribution in [0.25, 0.3) is 0 Å². The Morgan fingerprint density at radius 2 is 1.71 bits per heavy atom. The Hall–Kier alpha value is -1.55. The van der Waals surface area contributed by atoms with Crippen molar-refractivity contribution in [3.63, 3.8) is 0 Å². The fourth-order valence-corrected chi connectivity index (χ4v) is 2.09. The Morgan fingerprint density at radius 1 is 1.10 bits per heavy atom. The van der Waals surface area contributed by atoms with Crippen LogP contribution >= 0.6 is 0 Å². The molecule has 0 saturated heterocycles. The van der Waals surface area contributed by atoms with Crippen molar-refractivity contribution >= 4 is 5.97 Å². The molecule has 0 aromatic heterocycles. The molecule has 0 radical (unpaired) electrons. The lowest BCUT2D eigenvalue weighted by Crippen LogP contribution is -2.24. The van der Waals surface area contributed by atoms with Crippen LogP contribution in [0.2, 0.25) is 0 Å². The van der Waals surface area contributed by atoms with Gasteiger partial charge in [0.2, 0.25) is 0 Å². The summed E-state index contributed by atoms with van der Waals surface area (Å²) in [5.74, 6) is 0.375. The van der Waals surface area contributed by atoms with Crippen LogP contribution in [0.1, 0.15) is 57.1 Å². The van der Waals surface area contributed by atoms with Crippen LogP contribution in [0.3, 0.4) is 0 Å². The highest BCUT2D eigenvalue weighted by molar-refractivity contribution is 5.77. The van der Waals surface area contributed by atoms with Crippen molar-refractivity contribution in [1.82, 2.24) is 0 Å². The zero-order valence-electron chi connectivity index (χ0n) is 13.1. The molecule has 1 aromatic carbocycles. The van der Waals surface area contributed by atoms with Crippen LogP contribution in [0, 0.1) is 0 Å². The van der Waals surface area contributed by atoms with Crippen LogP contribution in [0.4, 0.5) is 0 Å². The molecule has 118 valence electrons. The van der Waals surface area contributed by atoms with Gasteiger partial charge in [0.1, 0.15) is 11.8 Å². The van der Waals surface area contributed by atoms with Crippen molar-refractivity contribution in [1.29, 1.82) is 0 Å².